The van der Waals surface area contributed by atoms with Crippen LogP contribution in [-0.4, -0.2) is 55.2 Å². The van der Waals surface area contributed by atoms with Gasteiger partial charge in [0.05, 0.1) is 25.2 Å². The first-order valence-corrected chi connectivity index (χ1v) is 5.58. The highest BCUT2D eigenvalue weighted by molar-refractivity contribution is 5.89. The van der Waals surface area contributed by atoms with E-state index in [0.717, 1.165) is 0 Å². The van der Waals surface area contributed by atoms with Crippen LogP contribution in [0.25, 0.3) is 0 Å². The predicted octanol–water partition coefficient (Wildman–Crippen LogP) is -0.0878. The summed E-state index contributed by atoms with van der Waals surface area (Å²) in [5, 5.41) is 2.64. The second-order valence-corrected chi connectivity index (χ2v) is 4.53. The molecule has 2 aliphatic rings. The van der Waals surface area contributed by atoms with E-state index in [1.165, 1.54) is 0 Å². The zero-order valence-electron chi connectivity index (χ0n) is 9.50. The molecule has 0 aromatic heterocycles. The molecule has 0 aliphatic carbocycles. The molecule has 1 unspecified atom stereocenters. The lowest BCUT2D eigenvalue weighted by atomic mass is 10.1. The fraction of sp³-hybridized carbons (Fsp3) is 0.800. The fourth-order valence-electron chi connectivity index (χ4n) is 1.96. The second kappa shape index (κ2) is 4.75. The number of alkyl halides is 3. The van der Waals surface area contributed by atoms with Gasteiger partial charge >= 0.3 is 6.18 Å². The predicted molar refractivity (Wildman–Crippen MR) is 53.5 cm³/mol. The number of likely N-dealkylation sites (tertiary alicyclic amines) is 1. The third-order valence-corrected chi connectivity index (χ3v) is 2.94. The van der Waals surface area contributed by atoms with Gasteiger partial charge < -0.3 is 15.0 Å². The molecule has 0 radical (unpaired) electrons. The van der Waals surface area contributed by atoms with E-state index in [4.69, 9.17) is 4.74 Å². The Morgan fingerprint density at radius 2 is 2.11 bits per heavy atom. The number of nitrogens with one attached hydrogen (secondary N) is 1. The maximum Gasteiger partial charge on any atom is 0.406 e. The number of hydrogen-bond acceptors (Lipinski definition) is 3. The van der Waals surface area contributed by atoms with Crippen molar-refractivity contribution in [2.24, 2.45) is 5.92 Å². The summed E-state index contributed by atoms with van der Waals surface area (Å²) in [5.74, 6) is -1.70. The lowest BCUT2D eigenvalue weighted by Gasteiger charge is -2.28. The lowest BCUT2D eigenvalue weighted by Crippen LogP contribution is -2.50. The standard InChI is InChI=1S/C10H13F3N2O3/c11-10(12,13)5-15-2-6(1-8(15)16)9(17)14-7-3-18-4-7/h6-7H,1-5H2,(H,14,17). The Hall–Kier alpha value is -1.31. The summed E-state index contributed by atoms with van der Waals surface area (Å²) in [6.07, 6.45) is -4.58. The lowest BCUT2D eigenvalue weighted by molar-refractivity contribution is -0.157. The van der Waals surface area contributed by atoms with Gasteiger partial charge in [-0.05, 0) is 0 Å². The molecule has 8 heteroatoms. The largest absolute Gasteiger partial charge is 0.406 e. The van der Waals surface area contributed by atoms with E-state index < -0.39 is 24.5 Å². The summed E-state index contributed by atoms with van der Waals surface area (Å²) >= 11 is 0. The van der Waals surface area contributed by atoms with Gasteiger partial charge in [0.15, 0.2) is 0 Å². The molecule has 2 rings (SSSR count). The van der Waals surface area contributed by atoms with Crippen LogP contribution in [0, 0.1) is 5.92 Å². The number of rotatable bonds is 3. The average Bonchev–Trinajstić information content (AvgIpc) is 2.51. The van der Waals surface area contributed by atoms with Crippen LogP contribution >= 0.6 is 0 Å². The van der Waals surface area contributed by atoms with Gasteiger partial charge in [0.25, 0.3) is 0 Å². The highest BCUT2D eigenvalue weighted by atomic mass is 19.4. The Kier molecular flexibility index (Phi) is 3.47. The van der Waals surface area contributed by atoms with Crippen molar-refractivity contribution in [1.29, 1.82) is 0 Å². The summed E-state index contributed by atoms with van der Waals surface area (Å²) < 4.78 is 41.4. The van der Waals surface area contributed by atoms with Gasteiger partial charge in [0.1, 0.15) is 6.54 Å². The molecule has 0 aromatic carbocycles. The van der Waals surface area contributed by atoms with Gasteiger partial charge in [0.2, 0.25) is 11.8 Å². The molecule has 1 N–H and O–H groups in total. The highest BCUT2D eigenvalue weighted by Gasteiger charge is 2.41. The summed E-state index contributed by atoms with van der Waals surface area (Å²) in [5.41, 5.74) is 0. The third kappa shape index (κ3) is 3.12. The van der Waals surface area contributed by atoms with E-state index >= 15 is 0 Å². The minimum atomic E-state index is -4.43. The minimum Gasteiger partial charge on any atom is -0.377 e. The molecular formula is C10H13F3N2O3. The van der Waals surface area contributed by atoms with Crippen LogP contribution in [0.4, 0.5) is 13.2 Å². The molecule has 0 saturated carbocycles. The Morgan fingerprint density at radius 1 is 1.44 bits per heavy atom. The number of carbonyl (C=O) groups is 2. The molecule has 2 amide bonds. The number of halogens is 3. The van der Waals surface area contributed by atoms with Gasteiger partial charge in [-0.15, -0.1) is 0 Å². The molecule has 0 aromatic rings. The maximum absolute atomic E-state index is 12.2. The van der Waals surface area contributed by atoms with Gasteiger partial charge in [-0.2, -0.15) is 13.2 Å². The Labute approximate surface area is 101 Å². The quantitative estimate of drug-likeness (QED) is 0.777. The van der Waals surface area contributed by atoms with Crippen LogP contribution in [0.2, 0.25) is 0 Å². The van der Waals surface area contributed by atoms with E-state index in [9.17, 15) is 22.8 Å². The van der Waals surface area contributed by atoms with E-state index in [2.05, 4.69) is 5.32 Å². The smallest absolute Gasteiger partial charge is 0.377 e. The molecule has 2 fully saturated rings. The first kappa shape index (κ1) is 13.1. The van der Waals surface area contributed by atoms with Gasteiger partial charge in [0, 0.05) is 13.0 Å². The Morgan fingerprint density at radius 3 is 2.61 bits per heavy atom. The molecule has 2 heterocycles. The number of carbonyl (C=O) groups excluding carboxylic acids is 2. The number of hydrogen-bond donors (Lipinski definition) is 1. The van der Waals surface area contributed by atoms with Crippen molar-refractivity contribution in [3.63, 3.8) is 0 Å². The summed E-state index contributed by atoms with van der Waals surface area (Å²) in [4.78, 5) is 23.7. The van der Waals surface area contributed by atoms with Gasteiger partial charge in [-0.1, -0.05) is 0 Å². The van der Waals surface area contributed by atoms with Crippen LogP contribution in [0.15, 0.2) is 0 Å². The Balaban J connectivity index is 1.85. The van der Waals surface area contributed by atoms with Crippen molar-refractivity contribution in [2.75, 3.05) is 26.3 Å². The molecule has 2 saturated heterocycles. The van der Waals surface area contributed by atoms with Crippen molar-refractivity contribution in [1.82, 2.24) is 10.2 Å². The van der Waals surface area contributed by atoms with E-state index in [0.29, 0.717) is 18.1 Å². The summed E-state index contributed by atoms with van der Waals surface area (Å²) in [7, 11) is 0. The van der Waals surface area contributed by atoms with Crippen LogP contribution < -0.4 is 5.32 Å². The van der Waals surface area contributed by atoms with Crippen molar-refractivity contribution in [2.45, 2.75) is 18.6 Å². The zero-order chi connectivity index (χ0) is 13.3. The van der Waals surface area contributed by atoms with Crippen molar-refractivity contribution >= 4 is 11.8 Å². The van der Waals surface area contributed by atoms with E-state index in [-0.39, 0.29) is 24.9 Å². The minimum absolute atomic E-state index is 0.0794. The maximum atomic E-state index is 12.2. The molecular weight excluding hydrogens is 253 g/mol. The first-order valence-electron chi connectivity index (χ1n) is 5.58. The summed E-state index contributed by atoms with van der Waals surface area (Å²) in [6.45, 7) is -0.628. The molecule has 1 atom stereocenters. The number of amides is 2. The van der Waals surface area contributed by atoms with Crippen molar-refractivity contribution in [3.05, 3.63) is 0 Å². The van der Waals surface area contributed by atoms with Crippen molar-refractivity contribution in [3.8, 4) is 0 Å². The van der Waals surface area contributed by atoms with Gasteiger partial charge in [-0.25, -0.2) is 0 Å². The van der Waals surface area contributed by atoms with Crippen molar-refractivity contribution < 1.29 is 27.5 Å². The van der Waals surface area contributed by atoms with E-state index in [1.54, 1.807) is 0 Å². The van der Waals surface area contributed by atoms with Crippen LogP contribution in [-0.2, 0) is 14.3 Å². The average molecular weight is 266 g/mol. The summed E-state index contributed by atoms with van der Waals surface area (Å²) in [6, 6.07) is -0.0794. The molecule has 5 nitrogen and oxygen atoms in total. The fourth-order valence-corrected chi connectivity index (χ4v) is 1.96. The Bertz CT molecular complexity index is 355. The molecule has 18 heavy (non-hydrogen) atoms. The van der Waals surface area contributed by atoms with Crippen LogP contribution in [0.3, 0.4) is 0 Å². The normalized spacial score (nSPS) is 25.2. The van der Waals surface area contributed by atoms with Gasteiger partial charge in [-0.3, -0.25) is 9.59 Å². The van der Waals surface area contributed by atoms with Crippen LogP contribution in [0.5, 0.6) is 0 Å². The second-order valence-electron chi connectivity index (χ2n) is 4.53. The van der Waals surface area contributed by atoms with Crippen LogP contribution in [0.1, 0.15) is 6.42 Å². The zero-order valence-corrected chi connectivity index (χ0v) is 9.50. The number of ether oxygens (including phenoxy) is 1. The topological polar surface area (TPSA) is 58.6 Å². The number of nitrogens with zero attached hydrogens (tertiary/aromatic N) is 1. The molecule has 102 valence electrons. The highest BCUT2D eigenvalue weighted by Crippen LogP contribution is 2.24. The SMILES string of the molecule is O=C(NC1COC1)C1CC(=O)N(CC(F)(F)F)C1. The van der Waals surface area contributed by atoms with E-state index in [1.807, 2.05) is 0 Å². The molecule has 0 bridgehead atoms. The molecule has 0 spiro atoms. The third-order valence-electron chi connectivity index (χ3n) is 2.94. The molecule has 2 aliphatic heterocycles. The monoisotopic (exact) mass is 266 g/mol. The first-order chi connectivity index (χ1) is 8.35.